The number of unbranched alkanes of at least 4 members (excludes halogenated alkanes) is 3. The molecule has 0 aliphatic carbocycles. The smallest absolute Gasteiger partial charge is 0.207 e. The van der Waals surface area contributed by atoms with Gasteiger partial charge in [-0.15, -0.1) is 6.58 Å². The summed E-state index contributed by atoms with van der Waals surface area (Å²) in [6, 6.07) is 7.01. The molecule has 1 aliphatic heterocycles. The van der Waals surface area contributed by atoms with Gasteiger partial charge in [0, 0.05) is 12.6 Å². The molecule has 0 saturated heterocycles. The van der Waals surface area contributed by atoms with Gasteiger partial charge in [0.1, 0.15) is 0 Å². The van der Waals surface area contributed by atoms with Crippen LogP contribution in [0.4, 0.5) is 0 Å². The van der Waals surface area contributed by atoms with Gasteiger partial charge in [0.15, 0.2) is 0 Å². The molecule has 136 valence electrons. The molecule has 0 fully saturated rings. The summed E-state index contributed by atoms with van der Waals surface area (Å²) in [7, 11) is -3.49. The molecule has 1 aromatic rings. The lowest BCUT2D eigenvalue weighted by Gasteiger charge is -2.24. The van der Waals surface area contributed by atoms with Crippen molar-refractivity contribution in [3.63, 3.8) is 0 Å². The fourth-order valence-electron chi connectivity index (χ4n) is 3.09. The Hall–Kier alpha value is -1.65. The normalized spacial score (nSPS) is 18.2. The van der Waals surface area contributed by atoms with Crippen LogP contribution in [0, 0.1) is 6.92 Å². The lowest BCUT2D eigenvalue weighted by molar-refractivity contribution is 0.382. The van der Waals surface area contributed by atoms with Gasteiger partial charge in [0.25, 0.3) is 0 Å². The molecule has 1 aliphatic rings. The summed E-state index contributed by atoms with van der Waals surface area (Å²) >= 11 is 0. The topological polar surface area (TPSA) is 37.4 Å². The van der Waals surface area contributed by atoms with E-state index in [0.717, 1.165) is 48.8 Å². The van der Waals surface area contributed by atoms with Crippen LogP contribution in [0.25, 0.3) is 0 Å². The molecule has 3 nitrogen and oxygen atoms in total. The quantitative estimate of drug-likeness (QED) is 0.459. The van der Waals surface area contributed by atoms with Crippen molar-refractivity contribution in [3.8, 4) is 0 Å². The van der Waals surface area contributed by atoms with Crippen molar-refractivity contribution >= 4 is 10.0 Å². The first kappa shape index (κ1) is 19.7. The van der Waals surface area contributed by atoms with E-state index in [1.165, 1.54) is 0 Å². The van der Waals surface area contributed by atoms with E-state index in [1.807, 2.05) is 32.1 Å². The van der Waals surface area contributed by atoms with Crippen LogP contribution in [0.2, 0.25) is 0 Å². The Bertz CT molecular complexity index is 745. The van der Waals surface area contributed by atoms with E-state index in [2.05, 4.69) is 19.2 Å². The molecule has 0 bridgehead atoms. The maximum atomic E-state index is 13.1. The highest BCUT2D eigenvalue weighted by atomic mass is 32.2. The van der Waals surface area contributed by atoms with Gasteiger partial charge in [0.05, 0.1) is 4.90 Å². The summed E-state index contributed by atoms with van der Waals surface area (Å²) in [6.45, 7) is 12.1. The van der Waals surface area contributed by atoms with Crippen molar-refractivity contribution in [1.82, 2.24) is 4.31 Å². The van der Waals surface area contributed by atoms with Crippen LogP contribution < -0.4 is 0 Å². The summed E-state index contributed by atoms with van der Waals surface area (Å²) in [5, 5.41) is 0. The zero-order chi connectivity index (χ0) is 18.4. The minimum Gasteiger partial charge on any atom is -0.207 e. The van der Waals surface area contributed by atoms with Crippen molar-refractivity contribution in [2.75, 3.05) is 6.54 Å². The van der Waals surface area contributed by atoms with Crippen molar-refractivity contribution < 1.29 is 8.42 Å². The van der Waals surface area contributed by atoms with Crippen molar-refractivity contribution in [2.24, 2.45) is 0 Å². The number of hydrogen-bond donors (Lipinski definition) is 0. The molecule has 0 aromatic heterocycles. The molecule has 0 spiro atoms. The number of rotatable bonds is 9. The number of benzene rings is 1. The van der Waals surface area contributed by atoms with Crippen LogP contribution in [0.5, 0.6) is 0 Å². The van der Waals surface area contributed by atoms with Gasteiger partial charge in [-0.2, -0.15) is 4.31 Å². The van der Waals surface area contributed by atoms with Crippen LogP contribution in [0.1, 0.15) is 44.6 Å². The van der Waals surface area contributed by atoms with Crippen molar-refractivity contribution in [3.05, 3.63) is 66.3 Å². The minimum atomic E-state index is -3.49. The standard InChI is InChI=1S/C21H29NO2S/c1-5-6-7-8-9-10-20-15-19(17(2)3)16-22(20)25(23,24)21-13-11-18(4)12-14-21/h5,11-15,20H,1-2,6-10,16H2,3-4H3. The second kappa shape index (κ2) is 8.63. The Labute approximate surface area is 152 Å². The molecule has 2 rings (SSSR count). The zero-order valence-corrected chi connectivity index (χ0v) is 16.2. The van der Waals surface area contributed by atoms with Gasteiger partial charge in [-0.25, -0.2) is 8.42 Å². The molecule has 1 atom stereocenters. The van der Waals surface area contributed by atoms with E-state index in [-0.39, 0.29) is 6.04 Å². The van der Waals surface area contributed by atoms with Crippen LogP contribution in [-0.4, -0.2) is 25.3 Å². The molecule has 0 radical (unpaired) electrons. The van der Waals surface area contributed by atoms with E-state index in [1.54, 1.807) is 16.4 Å². The lowest BCUT2D eigenvalue weighted by atomic mass is 10.1. The molecular formula is C21H29NO2S. The maximum absolute atomic E-state index is 13.1. The van der Waals surface area contributed by atoms with Gasteiger partial charge in [-0.3, -0.25) is 0 Å². The predicted molar refractivity (Wildman–Crippen MR) is 105 cm³/mol. The Morgan fingerprint density at radius 3 is 2.52 bits per heavy atom. The van der Waals surface area contributed by atoms with Gasteiger partial charge >= 0.3 is 0 Å². The van der Waals surface area contributed by atoms with Crippen LogP contribution in [-0.2, 0) is 10.0 Å². The summed E-state index contributed by atoms with van der Waals surface area (Å²) in [5.74, 6) is 0. The van der Waals surface area contributed by atoms with Gasteiger partial charge in [-0.1, -0.05) is 54.8 Å². The predicted octanol–water partition coefficient (Wildman–Crippen LogP) is 5.01. The highest BCUT2D eigenvalue weighted by Gasteiger charge is 2.35. The molecule has 4 heteroatoms. The third kappa shape index (κ3) is 4.93. The second-order valence-corrected chi connectivity index (χ2v) is 8.72. The lowest BCUT2D eigenvalue weighted by Crippen LogP contribution is -2.36. The Kier molecular flexibility index (Phi) is 6.79. The highest BCUT2D eigenvalue weighted by Crippen LogP contribution is 2.30. The number of sulfonamides is 1. The summed E-state index contributed by atoms with van der Waals surface area (Å²) in [5.41, 5.74) is 3.03. The van der Waals surface area contributed by atoms with Crippen LogP contribution >= 0.6 is 0 Å². The minimum absolute atomic E-state index is 0.0817. The molecule has 0 N–H and O–H groups in total. The Balaban J connectivity index is 2.16. The van der Waals surface area contributed by atoms with Crippen LogP contribution in [0.3, 0.4) is 0 Å². The number of hydrogen-bond acceptors (Lipinski definition) is 2. The number of aryl methyl sites for hydroxylation is 1. The second-order valence-electron chi connectivity index (χ2n) is 6.83. The van der Waals surface area contributed by atoms with Gasteiger partial charge in [-0.05, 0) is 50.8 Å². The van der Waals surface area contributed by atoms with Crippen molar-refractivity contribution in [2.45, 2.75) is 56.9 Å². The summed E-state index contributed by atoms with van der Waals surface area (Å²) in [6.07, 6.45) is 9.10. The van der Waals surface area contributed by atoms with E-state index < -0.39 is 10.0 Å². The zero-order valence-electron chi connectivity index (χ0n) is 15.4. The molecule has 1 unspecified atom stereocenters. The molecule has 1 aromatic carbocycles. The number of allylic oxidation sites excluding steroid dienone is 1. The van der Waals surface area contributed by atoms with Crippen molar-refractivity contribution in [1.29, 1.82) is 0 Å². The SMILES string of the molecule is C=CCCCCCC1C=C(C(=C)C)CN1S(=O)(=O)c1ccc(C)cc1. The third-order valence-corrected chi connectivity index (χ3v) is 6.56. The molecule has 1 heterocycles. The monoisotopic (exact) mass is 359 g/mol. The summed E-state index contributed by atoms with van der Waals surface area (Å²) < 4.78 is 27.9. The molecular weight excluding hydrogens is 330 g/mol. The first-order valence-electron chi connectivity index (χ1n) is 8.92. The van der Waals surface area contributed by atoms with Crippen LogP contribution in [0.15, 0.2) is 65.6 Å². The Morgan fingerprint density at radius 2 is 1.92 bits per heavy atom. The average Bonchev–Trinajstić information content (AvgIpc) is 3.00. The number of nitrogens with zero attached hydrogens (tertiary/aromatic N) is 1. The van der Waals surface area contributed by atoms with E-state index >= 15 is 0 Å². The van der Waals surface area contributed by atoms with E-state index in [9.17, 15) is 8.42 Å². The molecule has 25 heavy (non-hydrogen) atoms. The summed E-state index contributed by atoms with van der Waals surface area (Å²) in [4.78, 5) is 0.367. The van der Waals surface area contributed by atoms with Gasteiger partial charge < -0.3 is 0 Å². The van der Waals surface area contributed by atoms with Gasteiger partial charge in [0.2, 0.25) is 10.0 Å². The van der Waals surface area contributed by atoms with E-state index in [4.69, 9.17) is 0 Å². The first-order valence-corrected chi connectivity index (χ1v) is 10.4. The fourth-order valence-corrected chi connectivity index (χ4v) is 4.67. The first-order chi connectivity index (χ1) is 11.9. The maximum Gasteiger partial charge on any atom is 0.243 e. The van der Waals surface area contributed by atoms with E-state index in [0.29, 0.717) is 11.4 Å². The largest absolute Gasteiger partial charge is 0.243 e. The highest BCUT2D eigenvalue weighted by molar-refractivity contribution is 7.89. The Morgan fingerprint density at radius 1 is 1.24 bits per heavy atom. The third-order valence-electron chi connectivity index (χ3n) is 4.67. The molecule has 0 saturated carbocycles. The fraction of sp³-hybridized carbons (Fsp3) is 0.429. The average molecular weight is 360 g/mol. The molecule has 0 amide bonds.